The van der Waals surface area contributed by atoms with Gasteiger partial charge in [-0.25, -0.2) is 0 Å². The first-order valence-electron chi connectivity index (χ1n) is 5.95. The predicted octanol–water partition coefficient (Wildman–Crippen LogP) is 4.22. The maximum Gasteiger partial charge on any atom is 0.224 e. The Balaban J connectivity index is 2.23. The summed E-state index contributed by atoms with van der Waals surface area (Å²) in [5.41, 5.74) is 3.72. The Hall–Kier alpha value is -1.98. The molecule has 0 aliphatic carbocycles. The molecule has 2 aromatic carbocycles. The molecule has 0 aliphatic heterocycles. The van der Waals surface area contributed by atoms with Crippen LogP contribution in [0.1, 0.15) is 27.0 Å². The number of carbonyl (C=O) groups excluding carboxylic acids is 1. The Bertz CT molecular complexity index is 645. The molecule has 0 spiro atoms. The molecule has 0 aromatic heterocycles. The zero-order valence-electron chi connectivity index (χ0n) is 10.9. The third-order valence-corrected chi connectivity index (χ3v) is 3.58. The van der Waals surface area contributed by atoms with Crippen LogP contribution in [0, 0.1) is 26.2 Å². The first-order valence-corrected chi connectivity index (χ1v) is 6.77. The summed E-state index contributed by atoms with van der Waals surface area (Å²) in [6, 6.07) is 13.3. The quantitative estimate of drug-likeness (QED) is 0.598. The molecule has 0 saturated heterocycles. The SMILES string of the molecule is C#Cc1cccc(SC(=O)c2cc(C)cc(C)c2)c1. The Morgan fingerprint density at radius 3 is 2.42 bits per heavy atom. The highest BCUT2D eigenvalue weighted by Crippen LogP contribution is 2.24. The van der Waals surface area contributed by atoms with Crippen LogP contribution in [0.25, 0.3) is 0 Å². The average Bonchev–Trinajstić information content (AvgIpc) is 2.37. The van der Waals surface area contributed by atoms with Crippen molar-refractivity contribution in [3.05, 3.63) is 64.7 Å². The minimum atomic E-state index is 0.0426. The van der Waals surface area contributed by atoms with E-state index in [0.29, 0.717) is 0 Å². The van der Waals surface area contributed by atoms with Crippen molar-refractivity contribution in [1.82, 2.24) is 0 Å². The van der Waals surface area contributed by atoms with E-state index in [0.717, 1.165) is 27.1 Å². The molecule has 0 aliphatic rings. The maximum absolute atomic E-state index is 12.2. The van der Waals surface area contributed by atoms with E-state index in [1.54, 1.807) is 0 Å². The lowest BCUT2D eigenvalue weighted by Crippen LogP contribution is -1.95. The second-order valence-corrected chi connectivity index (χ2v) is 5.48. The Morgan fingerprint density at radius 2 is 1.79 bits per heavy atom. The van der Waals surface area contributed by atoms with Crippen LogP contribution in [0.2, 0.25) is 0 Å². The molecule has 0 heterocycles. The molecule has 0 fully saturated rings. The molecule has 2 aromatic rings. The van der Waals surface area contributed by atoms with Crippen LogP contribution < -0.4 is 0 Å². The Labute approximate surface area is 118 Å². The van der Waals surface area contributed by atoms with Gasteiger partial charge in [0.15, 0.2) is 0 Å². The summed E-state index contributed by atoms with van der Waals surface area (Å²) in [6.07, 6.45) is 5.36. The lowest BCUT2D eigenvalue weighted by molar-refractivity contribution is 0.108. The number of hydrogen-bond acceptors (Lipinski definition) is 2. The van der Waals surface area contributed by atoms with Gasteiger partial charge in [0, 0.05) is 16.0 Å². The molecule has 0 N–H and O–H groups in total. The summed E-state index contributed by atoms with van der Waals surface area (Å²) in [6.45, 7) is 3.99. The van der Waals surface area contributed by atoms with Crippen LogP contribution in [0.15, 0.2) is 47.4 Å². The molecule has 0 bridgehead atoms. The normalized spacial score (nSPS) is 9.95. The molecular weight excluding hydrogens is 252 g/mol. The zero-order valence-corrected chi connectivity index (χ0v) is 11.8. The number of benzene rings is 2. The average molecular weight is 266 g/mol. The van der Waals surface area contributed by atoms with E-state index in [2.05, 4.69) is 12.0 Å². The fourth-order valence-corrected chi connectivity index (χ4v) is 2.69. The van der Waals surface area contributed by atoms with Crippen molar-refractivity contribution in [3.8, 4) is 12.3 Å². The predicted molar refractivity (Wildman–Crippen MR) is 80.5 cm³/mol. The maximum atomic E-state index is 12.2. The van der Waals surface area contributed by atoms with Gasteiger partial charge in [0.05, 0.1) is 0 Å². The fraction of sp³-hybridized carbons (Fsp3) is 0.118. The molecule has 94 valence electrons. The van der Waals surface area contributed by atoms with Crippen LogP contribution >= 0.6 is 11.8 Å². The van der Waals surface area contributed by atoms with Crippen molar-refractivity contribution < 1.29 is 4.79 Å². The van der Waals surface area contributed by atoms with Gasteiger partial charge >= 0.3 is 0 Å². The van der Waals surface area contributed by atoms with E-state index >= 15 is 0 Å². The van der Waals surface area contributed by atoms with Crippen molar-refractivity contribution in [3.63, 3.8) is 0 Å². The second kappa shape index (κ2) is 5.77. The molecule has 2 heteroatoms. The summed E-state index contributed by atoms with van der Waals surface area (Å²) in [4.78, 5) is 13.1. The van der Waals surface area contributed by atoms with Crippen molar-refractivity contribution in [2.45, 2.75) is 18.7 Å². The van der Waals surface area contributed by atoms with Crippen molar-refractivity contribution in [1.29, 1.82) is 0 Å². The van der Waals surface area contributed by atoms with Gasteiger partial charge in [0.2, 0.25) is 5.12 Å². The number of thioether (sulfide) groups is 1. The number of terminal acetylenes is 1. The lowest BCUT2D eigenvalue weighted by Gasteiger charge is -2.04. The van der Waals surface area contributed by atoms with E-state index in [1.807, 2.05) is 50.2 Å². The van der Waals surface area contributed by atoms with Crippen molar-refractivity contribution >= 4 is 16.9 Å². The standard InChI is InChI=1S/C17H14OS/c1-4-14-6-5-7-16(11-14)19-17(18)15-9-12(2)8-13(3)10-15/h1,5-11H,2-3H3. The first-order chi connectivity index (χ1) is 9.08. The van der Waals surface area contributed by atoms with E-state index in [-0.39, 0.29) is 5.12 Å². The van der Waals surface area contributed by atoms with Gasteiger partial charge in [0.1, 0.15) is 0 Å². The highest BCUT2D eigenvalue weighted by molar-refractivity contribution is 8.14. The summed E-state index contributed by atoms with van der Waals surface area (Å²) < 4.78 is 0. The number of aryl methyl sites for hydroxylation is 2. The largest absolute Gasteiger partial charge is 0.281 e. The van der Waals surface area contributed by atoms with Crippen molar-refractivity contribution in [2.75, 3.05) is 0 Å². The topological polar surface area (TPSA) is 17.1 Å². The van der Waals surface area contributed by atoms with Crippen molar-refractivity contribution in [2.24, 2.45) is 0 Å². The summed E-state index contributed by atoms with van der Waals surface area (Å²) in [5.74, 6) is 2.57. The highest BCUT2D eigenvalue weighted by atomic mass is 32.2. The van der Waals surface area contributed by atoms with E-state index < -0.39 is 0 Å². The van der Waals surface area contributed by atoms with E-state index in [1.165, 1.54) is 11.8 Å². The van der Waals surface area contributed by atoms with E-state index in [9.17, 15) is 4.79 Å². The molecule has 0 saturated carbocycles. The highest BCUT2D eigenvalue weighted by Gasteiger charge is 2.09. The molecule has 2 rings (SSSR count). The van der Waals surface area contributed by atoms with E-state index in [4.69, 9.17) is 6.42 Å². The first kappa shape index (κ1) is 13.5. The minimum Gasteiger partial charge on any atom is -0.281 e. The summed E-state index contributed by atoms with van der Waals surface area (Å²) in [5, 5.41) is 0.0426. The Morgan fingerprint density at radius 1 is 1.11 bits per heavy atom. The van der Waals surface area contributed by atoms with Gasteiger partial charge in [0.25, 0.3) is 0 Å². The number of hydrogen-bond donors (Lipinski definition) is 0. The molecule has 0 atom stereocenters. The smallest absolute Gasteiger partial charge is 0.224 e. The monoisotopic (exact) mass is 266 g/mol. The summed E-state index contributed by atoms with van der Waals surface area (Å²) in [7, 11) is 0. The molecule has 0 unspecified atom stereocenters. The van der Waals surface area contributed by atoms with Gasteiger partial charge in [-0.05, 0) is 55.9 Å². The molecule has 0 radical (unpaired) electrons. The van der Waals surface area contributed by atoms with Crippen LogP contribution in [0.4, 0.5) is 0 Å². The lowest BCUT2D eigenvalue weighted by atomic mass is 10.1. The molecular formula is C17H14OS. The second-order valence-electron chi connectivity index (χ2n) is 4.44. The van der Waals surface area contributed by atoms with Gasteiger partial charge in [-0.3, -0.25) is 4.79 Å². The number of rotatable bonds is 2. The fourth-order valence-electron chi connectivity index (χ4n) is 1.91. The van der Waals surface area contributed by atoms with Gasteiger partial charge in [-0.2, -0.15) is 0 Å². The third kappa shape index (κ3) is 3.49. The number of carbonyl (C=O) groups is 1. The van der Waals surface area contributed by atoms with Crippen LogP contribution in [0.3, 0.4) is 0 Å². The van der Waals surface area contributed by atoms with Gasteiger partial charge in [-0.15, -0.1) is 6.42 Å². The van der Waals surface area contributed by atoms with Crippen LogP contribution in [-0.2, 0) is 0 Å². The Kier molecular flexibility index (Phi) is 4.09. The molecule has 0 amide bonds. The zero-order chi connectivity index (χ0) is 13.8. The minimum absolute atomic E-state index is 0.0426. The third-order valence-electron chi connectivity index (χ3n) is 2.67. The summed E-state index contributed by atoms with van der Waals surface area (Å²) >= 11 is 1.21. The van der Waals surface area contributed by atoms with Crippen LogP contribution in [0.5, 0.6) is 0 Å². The molecule has 19 heavy (non-hydrogen) atoms. The van der Waals surface area contributed by atoms with Gasteiger partial charge < -0.3 is 0 Å². The molecule has 1 nitrogen and oxygen atoms in total. The van der Waals surface area contributed by atoms with Gasteiger partial charge in [-0.1, -0.05) is 29.2 Å². The van der Waals surface area contributed by atoms with Crippen LogP contribution in [-0.4, -0.2) is 5.12 Å².